The van der Waals surface area contributed by atoms with Crippen molar-refractivity contribution in [1.29, 1.82) is 0 Å². The maximum Gasteiger partial charge on any atom is 0.353 e. The van der Waals surface area contributed by atoms with Gasteiger partial charge in [-0.1, -0.05) is 5.04 Å². The lowest BCUT2D eigenvalue weighted by Gasteiger charge is -2.13. The van der Waals surface area contributed by atoms with Crippen molar-refractivity contribution in [2.75, 3.05) is 13.7 Å². The van der Waals surface area contributed by atoms with Crippen LogP contribution in [0.5, 0.6) is 5.75 Å². The van der Waals surface area contributed by atoms with Crippen LogP contribution < -0.4 is 4.18 Å². The van der Waals surface area contributed by atoms with Crippen LogP contribution in [0.15, 0.2) is 34.6 Å². The molecule has 27 heavy (non-hydrogen) atoms. The standard InChI is InChI=1S/C14H16F2O9S2/c1-4-21-9(2)22-13(17)10-5-7-11(8-6-10)23-27(18,19)14(12(15)16)26-25-24-20-3/h5-9H,4H2,1-3H3. The maximum absolute atomic E-state index is 12.8. The first-order chi connectivity index (χ1) is 12.7. The van der Waals surface area contributed by atoms with Crippen LogP contribution in [-0.2, 0) is 33.9 Å². The van der Waals surface area contributed by atoms with Crippen LogP contribution >= 0.6 is 12.0 Å². The van der Waals surface area contributed by atoms with Gasteiger partial charge < -0.3 is 13.7 Å². The summed E-state index contributed by atoms with van der Waals surface area (Å²) in [5, 5.41) is 3.86. The lowest BCUT2D eigenvalue weighted by atomic mass is 10.2. The predicted molar refractivity (Wildman–Crippen MR) is 88.5 cm³/mol. The molecule has 0 saturated carbocycles. The monoisotopic (exact) mass is 430 g/mol. The molecule has 0 heterocycles. The van der Waals surface area contributed by atoms with Gasteiger partial charge in [-0.2, -0.15) is 17.2 Å². The Bertz CT molecular complexity index is 746. The maximum atomic E-state index is 12.8. The first-order valence-corrected chi connectivity index (χ1v) is 9.32. The second-order valence-corrected chi connectivity index (χ2v) is 6.88. The van der Waals surface area contributed by atoms with Gasteiger partial charge >= 0.3 is 22.2 Å². The molecular formula is C14H16F2O9S2. The van der Waals surface area contributed by atoms with Gasteiger partial charge in [-0.05, 0) is 38.1 Å². The van der Waals surface area contributed by atoms with Crippen LogP contribution in [0.1, 0.15) is 24.2 Å². The summed E-state index contributed by atoms with van der Waals surface area (Å²) in [5.41, 5.74) is 0.0740. The fourth-order valence-corrected chi connectivity index (χ4v) is 2.89. The Morgan fingerprint density at radius 2 is 1.85 bits per heavy atom. The second-order valence-electron chi connectivity index (χ2n) is 4.42. The quantitative estimate of drug-likeness (QED) is 0.0988. The van der Waals surface area contributed by atoms with Crippen molar-refractivity contribution in [3.8, 4) is 5.75 Å². The van der Waals surface area contributed by atoms with Gasteiger partial charge in [0.15, 0.2) is 6.29 Å². The summed E-state index contributed by atoms with van der Waals surface area (Å²) in [6, 6.07) is 4.56. The first-order valence-electron chi connectivity index (χ1n) is 7.17. The Morgan fingerprint density at radius 1 is 1.22 bits per heavy atom. The molecular weight excluding hydrogens is 414 g/mol. The average molecular weight is 430 g/mol. The number of hydrogen-bond donors (Lipinski definition) is 0. The molecule has 0 N–H and O–H groups in total. The molecule has 0 aliphatic heterocycles. The Kier molecular flexibility index (Phi) is 9.62. The Balaban J connectivity index is 2.83. The van der Waals surface area contributed by atoms with Gasteiger partial charge in [0.1, 0.15) is 5.75 Å². The number of carbonyl (C=O) groups is 1. The van der Waals surface area contributed by atoms with Crippen molar-refractivity contribution in [3.63, 3.8) is 0 Å². The minimum absolute atomic E-state index is 0.0740. The number of carbonyl (C=O) groups excluding carboxylic acids is 1. The molecule has 1 rings (SSSR count). The van der Waals surface area contributed by atoms with Gasteiger partial charge in [-0.3, -0.25) is 0 Å². The minimum Gasteiger partial charge on any atom is -0.432 e. The van der Waals surface area contributed by atoms with Gasteiger partial charge in [0, 0.05) is 6.61 Å². The highest BCUT2D eigenvalue weighted by Crippen LogP contribution is 2.31. The van der Waals surface area contributed by atoms with E-state index >= 15 is 0 Å². The lowest BCUT2D eigenvalue weighted by molar-refractivity contribution is -0.447. The van der Waals surface area contributed by atoms with Gasteiger partial charge in [-0.25, -0.2) is 9.68 Å². The zero-order chi connectivity index (χ0) is 20.4. The molecule has 1 aromatic rings. The van der Waals surface area contributed by atoms with Gasteiger partial charge in [0.05, 0.1) is 24.7 Å². The Hall–Kier alpha value is -1.77. The van der Waals surface area contributed by atoms with E-state index in [0.29, 0.717) is 6.61 Å². The van der Waals surface area contributed by atoms with E-state index in [4.69, 9.17) is 9.47 Å². The van der Waals surface area contributed by atoms with E-state index < -0.39 is 32.7 Å². The molecule has 0 saturated heterocycles. The van der Waals surface area contributed by atoms with E-state index in [1.165, 1.54) is 19.1 Å². The largest absolute Gasteiger partial charge is 0.432 e. The van der Waals surface area contributed by atoms with Crippen LogP contribution in [0.25, 0.3) is 0 Å². The molecule has 0 aliphatic carbocycles. The van der Waals surface area contributed by atoms with E-state index in [1.807, 2.05) is 0 Å². The third kappa shape index (κ3) is 7.78. The molecule has 0 fully saturated rings. The average Bonchev–Trinajstić information content (AvgIpc) is 2.58. The van der Waals surface area contributed by atoms with E-state index in [0.717, 1.165) is 19.2 Å². The summed E-state index contributed by atoms with van der Waals surface area (Å²) < 4.78 is 66.6. The summed E-state index contributed by atoms with van der Waals surface area (Å²) in [6.07, 6.45) is -3.35. The first kappa shape index (κ1) is 23.3. The molecule has 0 bridgehead atoms. The molecule has 152 valence electrons. The van der Waals surface area contributed by atoms with E-state index in [1.54, 1.807) is 6.92 Å². The zero-order valence-electron chi connectivity index (χ0n) is 14.3. The molecule has 9 nitrogen and oxygen atoms in total. The van der Waals surface area contributed by atoms with E-state index in [-0.39, 0.29) is 23.4 Å². The molecule has 0 radical (unpaired) electrons. The fourth-order valence-electron chi connectivity index (χ4n) is 1.54. The minimum atomic E-state index is -4.92. The lowest BCUT2D eigenvalue weighted by Crippen LogP contribution is -2.18. The SMILES string of the molecule is CCOC(C)OC(=O)c1ccc(OS(=O)(=O)C(SOOOC)=C(F)F)cc1. The highest BCUT2D eigenvalue weighted by molar-refractivity contribution is 8.14. The summed E-state index contributed by atoms with van der Waals surface area (Å²) in [4.78, 5) is 15.8. The highest BCUT2D eigenvalue weighted by atomic mass is 32.3. The molecule has 1 aromatic carbocycles. The Labute approximate surface area is 158 Å². The summed E-state index contributed by atoms with van der Waals surface area (Å²) in [6.45, 7) is 3.60. The molecule has 0 aromatic heterocycles. The Morgan fingerprint density at radius 3 is 2.37 bits per heavy atom. The number of ether oxygens (including phenoxy) is 2. The van der Waals surface area contributed by atoms with Crippen molar-refractivity contribution >= 4 is 28.1 Å². The normalized spacial score (nSPS) is 12.3. The topological polar surface area (TPSA) is 107 Å². The smallest absolute Gasteiger partial charge is 0.353 e. The molecule has 0 spiro atoms. The van der Waals surface area contributed by atoms with Crippen molar-refractivity contribution in [1.82, 2.24) is 0 Å². The summed E-state index contributed by atoms with van der Waals surface area (Å²) in [7, 11) is -3.90. The van der Waals surface area contributed by atoms with Crippen molar-refractivity contribution < 1.29 is 49.9 Å². The van der Waals surface area contributed by atoms with Crippen LogP contribution in [0.2, 0.25) is 0 Å². The third-order valence-corrected chi connectivity index (χ3v) is 4.82. The zero-order valence-corrected chi connectivity index (χ0v) is 16.0. The molecule has 1 unspecified atom stereocenters. The van der Waals surface area contributed by atoms with Crippen LogP contribution in [-0.4, -0.2) is 34.4 Å². The number of hydrogen-bond acceptors (Lipinski definition) is 10. The van der Waals surface area contributed by atoms with Gasteiger partial charge in [0.2, 0.25) is 4.24 Å². The van der Waals surface area contributed by atoms with Crippen molar-refractivity contribution in [2.24, 2.45) is 0 Å². The van der Waals surface area contributed by atoms with Gasteiger partial charge in [0.25, 0.3) is 0 Å². The van der Waals surface area contributed by atoms with Crippen LogP contribution in [0, 0.1) is 0 Å². The fraction of sp³-hybridized carbons (Fsp3) is 0.357. The molecule has 1 atom stereocenters. The number of esters is 1. The number of rotatable bonds is 11. The molecule has 0 aliphatic rings. The number of halogens is 2. The van der Waals surface area contributed by atoms with E-state index in [2.05, 4.69) is 18.4 Å². The van der Waals surface area contributed by atoms with Crippen LogP contribution in [0.3, 0.4) is 0 Å². The molecule has 13 heteroatoms. The van der Waals surface area contributed by atoms with Crippen molar-refractivity contribution in [2.45, 2.75) is 20.1 Å². The second kappa shape index (κ2) is 11.2. The summed E-state index contributed by atoms with van der Waals surface area (Å²) in [5.74, 6) is -1.04. The van der Waals surface area contributed by atoms with E-state index in [9.17, 15) is 22.0 Å². The van der Waals surface area contributed by atoms with Gasteiger partial charge in [-0.15, -0.1) is 4.33 Å². The van der Waals surface area contributed by atoms with Crippen molar-refractivity contribution in [3.05, 3.63) is 40.1 Å². The highest BCUT2D eigenvalue weighted by Gasteiger charge is 2.29. The van der Waals surface area contributed by atoms with Crippen LogP contribution in [0.4, 0.5) is 8.78 Å². The third-order valence-electron chi connectivity index (χ3n) is 2.56. The summed E-state index contributed by atoms with van der Waals surface area (Å²) >= 11 is -0.319. The molecule has 0 amide bonds. The number of benzene rings is 1. The predicted octanol–water partition coefficient (Wildman–Crippen LogP) is 3.16.